The number of ether oxygens (including phenoxy) is 2. The van der Waals surface area contributed by atoms with E-state index in [2.05, 4.69) is 88.5 Å². The number of nitrogens with one attached hydrogen (secondary N) is 1. The highest BCUT2D eigenvalue weighted by molar-refractivity contribution is 6.01. The lowest BCUT2D eigenvalue weighted by molar-refractivity contribution is -0.220. The van der Waals surface area contributed by atoms with Crippen LogP contribution in [0.4, 0.5) is 0 Å². The lowest BCUT2D eigenvalue weighted by Crippen LogP contribution is -2.67. The molecule has 0 bridgehead atoms. The van der Waals surface area contributed by atoms with Crippen LogP contribution in [0.2, 0.25) is 0 Å². The van der Waals surface area contributed by atoms with E-state index in [4.69, 9.17) is 9.47 Å². The number of carbonyl (C=O) groups is 2. The molecule has 10 atom stereocenters. The van der Waals surface area contributed by atoms with Crippen LogP contribution in [0.15, 0.2) is 47.8 Å². The predicted molar refractivity (Wildman–Crippen MR) is 227 cm³/mol. The van der Waals surface area contributed by atoms with Gasteiger partial charge in [-0.25, -0.2) is 0 Å². The average molecular weight is 793 g/mol. The number of ketones is 2. The lowest BCUT2D eigenvalue weighted by Gasteiger charge is -2.70. The zero-order valence-corrected chi connectivity index (χ0v) is 36.5. The molecule has 3 aromatic rings. The first-order valence-electron chi connectivity index (χ1n) is 22.5. The van der Waals surface area contributed by atoms with Crippen molar-refractivity contribution in [2.24, 2.45) is 45.3 Å². The number of aryl methyl sites for hydroxylation is 1. The van der Waals surface area contributed by atoms with E-state index in [0.29, 0.717) is 37.5 Å². The van der Waals surface area contributed by atoms with Crippen molar-refractivity contribution >= 4 is 22.6 Å². The standard InChI is InChI=1S/C50H68N2O6/c1-28-20-30(23-32(21-28)31-13-18-57-19-14-31)24-33-26-52(35-12-17-51-42(33)35)27-34-41-40(29(2)22-36(53)45-47(5,6)58-45)37(54)25-50(41,9)49(8)16-10-38-46(3,4)39(55)11-15-48(38,7)44(49)43(34)56/h12,17,20-21,23,26,29,31,34,36,38,43-45,51,53,56H,10-11,13-16,18-19,22,24-25,27H2,1-9H3/t29-,34-,36-,38+,43-,44-,45-,48-,49+,50+/m1/s1. The van der Waals surface area contributed by atoms with Gasteiger partial charge in [0.15, 0.2) is 5.78 Å². The fraction of sp³-hybridized carbons (Fsp3) is 0.680. The first kappa shape index (κ1) is 40.4. The molecule has 0 amide bonds. The van der Waals surface area contributed by atoms with Gasteiger partial charge in [-0.15, -0.1) is 0 Å². The largest absolute Gasteiger partial charge is 0.392 e. The first-order chi connectivity index (χ1) is 27.3. The van der Waals surface area contributed by atoms with Gasteiger partial charge in [-0.3, -0.25) is 9.59 Å². The van der Waals surface area contributed by atoms with Crippen LogP contribution in [0.1, 0.15) is 135 Å². The van der Waals surface area contributed by atoms with Crippen molar-refractivity contribution in [1.82, 2.24) is 9.55 Å². The summed E-state index contributed by atoms with van der Waals surface area (Å²) in [5.41, 5.74) is 7.45. The van der Waals surface area contributed by atoms with Crippen LogP contribution in [0, 0.1) is 52.3 Å². The number of hydrogen-bond donors (Lipinski definition) is 3. The fourth-order valence-electron chi connectivity index (χ4n) is 14.5. The topological polar surface area (TPSA) is 117 Å². The molecule has 4 heterocycles. The molecule has 58 heavy (non-hydrogen) atoms. The molecule has 4 aliphatic carbocycles. The maximum atomic E-state index is 14.7. The normalized spacial score (nSPS) is 36.8. The van der Waals surface area contributed by atoms with Gasteiger partial charge in [0, 0.05) is 68.2 Å². The number of aliphatic hydroxyl groups excluding tert-OH is 2. The second-order valence-corrected chi connectivity index (χ2v) is 21.7. The van der Waals surface area contributed by atoms with Gasteiger partial charge in [0.1, 0.15) is 11.9 Å². The smallest absolute Gasteiger partial charge is 0.160 e. The second-order valence-electron chi connectivity index (χ2n) is 21.7. The second kappa shape index (κ2) is 13.7. The SMILES string of the molecule is Cc1cc(Cc2cn(C[C@@H]3C4=C([C@H](C)C[C@@H](O)[C@H]5OC5(C)C)C(=O)C[C@]4(C)[C@@]4(C)CC[C@H]5C(C)(C)C(=O)CC[C@@]5(C)[C@H]4[C@@H]3O)c3cc[nH]c23)cc(C2CCOCC2)c1. The van der Waals surface area contributed by atoms with Crippen molar-refractivity contribution in [3.8, 4) is 0 Å². The van der Waals surface area contributed by atoms with Gasteiger partial charge < -0.3 is 29.2 Å². The van der Waals surface area contributed by atoms with E-state index >= 15 is 0 Å². The summed E-state index contributed by atoms with van der Waals surface area (Å²) in [6.07, 6.45) is 9.51. The van der Waals surface area contributed by atoms with Gasteiger partial charge in [-0.05, 0) is 128 Å². The molecule has 6 aliphatic rings. The van der Waals surface area contributed by atoms with E-state index in [1.807, 2.05) is 20.0 Å². The minimum atomic E-state index is -0.716. The van der Waals surface area contributed by atoms with Crippen molar-refractivity contribution in [3.05, 3.63) is 70.1 Å². The van der Waals surface area contributed by atoms with E-state index in [9.17, 15) is 19.8 Å². The molecule has 2 aliphatic heterocycles. The van der Waals surface area contributed by atoms with Crippen LogP contribution < -0.4 is 0 Å². The summed E-state index contributed by atoms with van der Waals surface area (Å²) >= 11 is 0. The Morgan fingerprint density at radius 1 is 1.00 bits per heavy atom. The number of aliphatic hydroxyl groups is 2. The molecule has 2 aromatic heterocycles. The van der Waals surface area contributed by atoms with Crippen molar-refractivity contribution < 1.29 is 29.3 Å². The number of aromatic amines is 1. The van der Waals surface area contributed by atoms with E-state index in [-0.39, 0.29) is 52.0 Å². The zero-order valence-electron chi connectivity index (χ0n) is 36.5. The molecule has 9 rings (SSSR count). The highest BCUT2D eigenvalue weighted by Crippen LogP contribution is 2.75. The summed E-state index contributed by atoms with van der Waals surface area (Å²) in [5.74, 6) is 0.588. The summed E-state index contributed by atoms with van der Waals surface area (Å²) in [6.45, 7) is 21.8. The quantitative estimate of drug-likeness (QED) is 0.186. The Kier molecular flexibility index (Phi) is 9.56. The molecule has 8 nitrogen and oxygen atoms in total. The molecule has 0 spiro atoms. The fourth-order valence-corrected chi connectivity index (χ4v) is 14.5. The number of benzene rings is 1. The molecule has 2 saturated heterocycles. The molecule has 314 valence electrons. The highest BCUT2D eigenvalue weighted by atomic mass is 16.6. The molecular weight excluding hydrogens is 725 g/mol. The molecule has 5 fully saturated rings. The van der Waals surface area contributed by atoms with Gasteiger partial charge in [-0.2, -0.15) is 0 Å². The third-order valence-corrected chi connectivity index (χ3v) is 17.5. The average Bonchev–Trinajstić information content (AvgIpc) is 3.44. The summed E-state index contributed by atoms with van der Waals surface area (Å²) in [4.78, 5) is 31.8. The Morgan fingerprint density at radius 3 is 2.43 bits per heavy atom. The Morgan fingerprint density at radius 2 is 1.72 bits per heavy atom. The highest BCUT2D eigenvalue weighted by Gasteiger charge is 2.72. The van der Waals surface area contributed by atoms with Crippen LogP contribution in [0.5, 0.6) is 0 Å². The summed E-state index contributed by atoms with van der Waals surface area (Å²) in [7, 11) is 0. The number of H-pyrrole nitrogens is 1. The molecule has 3 N–H and O–H groups in total. The Labute approximate surface area is 345 Å². The molecule has 3 saturated carbocycles. The zero-order chi connectivity index (χ0) is 41.3. The number of Topliss-reactive ketones (excluding diaryl/α,β-unsaturated/α-hetero) is 2. The van der Waals surface area contributed by atoms with Crippen molar-refractivity contribution in [2.75, 3.05) is 13.2 Å². The van der Waals surface area contributed by atoms with E-state index in [1.54, 1.807) is 0 Å². The summed E-state index contributed by atoms with van der Waals surface area (Å²) in [5, 5.41) is 24.8. The summed E-state index contributed by atoms with van der Waals surface area (Å²) in [6, 6.07) is 9.21. The van der Waals surface area contributed by atoms with Crippen LogP contribution in [0.25, 0.3) is 11.0 Å². The maximum absolute atomic E-state index is 14.7. The number of allylic oxidation sites excluding steroid dienone is 1. The third kappa shape index (κ3) is 6.03. The summed E-state index contributed by atoms with van der Waals surface area (Å²) < 4.78 is 13.9. The van der Waals surface area contributed by atoms with Gasteiger partial charge in [0.25, 0.3) is 0 Å². The minimum Gasteiger partial charge on any atom is -0.392 e. The number of aromatic nitrogens is 2. The monoisotopic (exact) mass is 793 g/mol. The molecular formula is C50H68N2O6. The van der Waals surface area contributed by atoms with Crippen molar-refractivity contribution in [2.45, 2.75) is 156 Å². The first-order valence-corrected chi connectivity index (χ1v) is 22.5. The van der Waals surface area contributed by atoms with Crippen LogP contribution >= 0.6 is 0 Å². The van der Waals surface area contributed by atoms with Gasteiger partial charge in [0.2, 0.25) is 0 Å². The predicted octanol–water partition coefficient (Wildman–Crippen LogP) is 9.02. The lowest BCUT2D eigenvalue weighted by atomic mass is 9.34. The van der Waals surface area contributed by atoms with Crippen LogP contribution in [-0.4, -0.2) is 68.5 Å². The molecule has 0 unspecified atom stereocenters. The van der Waals surface area contributed by atoms with Crippen molar-refractivity contribution in [3.63, 3.8) is 0 Å². The van der Waals surface area contributed by atoms with E-state index < -0.39 is 23.0 Å². The molecule has 1 aromatic carbocycles. The van der Waals surface area contributed by atoms with E-state index in [1.165, 1.54) is 22.3 Å². The Balaban J connectivity index is 1.13. The Bertz CT molecular complexity index is 2170. The number of nitrogens with zero attached hydrogens (tertiary/aromatic N) is 1. The van der Waals surface area contributed by atoms with Crippen molar-refractivity contribution in [1.29, 1.82) is 0 Å². The number of carbonyl (C=O) groups excluding carboxylic acids is 2. The van der Waals surface area contributed by atoms with E-state index in [0.717, 1.165) is 73.9 Å². The number of hydrogen-bond acceptors (Lipinski definition) is 6. The van der Waals surface area contributed by atoms with Gasteiger partial charge >= 0.3 is 0 Å². The minimum absolute atomic E-state index is 0.0914. The van der Waals surface area contributed by atoms with Crippen LogP contribution in [-0.2, 0) is 32.0 Å². The van der Waals surface area contributed by atoms with Crippen LogP contribution in [0.3, 0.4) is 0 Å². The number of rotatable bonds is 9. The Hall–Kier alpha value is -3.04. The molecule has 8 heteroatoms. The number of epoxide rings is 1. The third-order valence-electron chi connectivity index (χ3n) is 17.5. The van der Waals surface area contributed by atoms with Gasteiger partial charge in [0.05, 0.1) is 28.8 Å². The molecule has 0 radical (unpaired) electrons. The number of fused-ring (bicyclic) bond motifs is 6. The van der Waals surface area contributed by atoms with Gasteiger partial charge in [-0.1, -0.05) is 65.3 Å². The maximum Gasteiger partial charge on any atom is 0.160 e.